The number of benzene rings is 2. The average Bonchev–Trinajstić information content (AvgIpc) is 2.65. The zero-order valence-corrected chi connectivity index (χ0v) is 14.8. The highest BCUT2D eigenvalue weighted by atomic mass is 19.1. The predicted octanol–water partition coefficient (Wildman–Crippen LogP) is 3.63. The number of amides is 1. The number of methoxy groups -OCH3 is 2. The molecule has 1 heterocycles. The lowest BCUT2D eigenvalue weighted by Crippen LogP contribution is -2.24. The molecule has 0 radical (unpaired) electrons. The molecule has 0 saturated carbocycles. The first kappa shape index (κ1) is 17.7. The third kappa shape index (κ3) is 3.59. The van der Waals surface area contributed by atoms with Crippen molar-refractivity contribution in [1.29, 1.82) is 0 Å². The van der Waals surface area contributed by atoms with Gasteiger partial charge >= 0.3 is 0 Å². The highest BCUT2D eigenvalue weighted by Crippen LogP contribution is 2.28. The summed E-state index contributed by atoms with van der Waals surface area (Å²) in [5.41, 5.74) is 2.30. The Morgan fingerprint density at radius 1 is 1.15 bits per heavy atom. The first-order valence-corrected chi connectivity index (χ1v) is 8.08. The first-order chi connectivity index (χ1) is 12.5. The molecule has 6 heteroatoms. The number of hydrogen-bond donors (Lipinski definition) is 1. The van der Waals surface area contributed by atoms with Gasteiger partial charge in [0.25, 0.3) is 5.91 Å². The van der Waals surface area contributed by atoms with E-state index in [0.29, 0.717) is 28.8 Å². The van der Waals surface area contributed by atoms with Crippen molar-refractivity contribution in [2.24, 2.45) is 0 Å². The van der Waals surface area contributed by atoms with Crippen LogP contribution in [-0.4, -0.2) is 25.1 Å². The van der Waals surface area contributed by atoms with Crippen molar-refractivity contribution >= 4 is 16.8 Å². The number of rotatable bonds is 5. The summed E-state index contributed by atoms with van der Waals surface area (Å²) < 4.78 is 24.2. The minimum absolute atomic E-state index is 0.215. The predicted molar refractivity (Wildman–Crippen MR) is 97.2 cm³/mol. The van der Waals surface area contributed by atoms with Gasteiger partial charge in [-0.1, -0.05) is 12.1 Å². The monoisotopic (exact) mass is 354 g/mol. The van der Waals surface area contributed by atoms with Crippen molar-refractivity contribution in [3.8, 4) is 11.5 Å². The second kappa shape index (κ2) is 7.39. The van der Waals surface area contributed by atoms with Crippen LogP contribution in [0, 0.1) is 12.7 Å². The van der Waals surface area contributed by atoms with Crippen molar-refractivity contribution in [3.05, 3.63) is 65.1 Å². The maximum atomic E-state index is 13.7. The summed E-state index contributed by atoms with van der Waals surface area (Å²) in [6, 6.07) is 11.7. The second-order valence-electron chi connectivity index (χ2n) is 5.86. The van der Waals surface area contributed by atoms with Crippen LogP contribution in [0.25, 0.3) is 10.9 Å². The third-order valence-electron chi connectivity index (χ3n) is 4.07. The molecule has 1 aromatic heterocycles. The minimum Gasteiger partial charge on any atom is -0.497 e. The van der Waals surface area contributed by atoms with Gasteiger partial charge in [-0.2, -0.15) is 0 Å². The number of fused-ring (bicyclic) bond motifs is 1. The highest BCUT2D eigenvalue weighted by Gasteiger charge is 2.15. The molecule has 0 spiro atoms. The fourth-order valence-electron chi connectivity index (χ4n) is 2.77. The van der Waals surface area contributed by atoms with E-state index in [1.54, 1.807) is 14.0 Å². The summed E-state index contributed by atoms with van der Waals surface area (Å²) in [5, 5.41) is 3.36. The van der Waals surface area contributed by atoms with Crippen molar-refractivity contribution in [1.82, 2.24) is 10.3 Å². The van der Waals surface area contributed by atoms with Crippen LogP contribution in [0.15, 0.2) is 42.5 Å². The van der Waals surface area contributed by atoms with Crippen molar-refractivity contribution in [2.45, 2.75) is 13.5 Å². The molecule has 0 aliphatic carbocycles. The van der Waals surface area contributed by atoms with Crippen molar-refractivity contribution in [3.63, 3.8) is 0 Å². The molecule has 0 aliphatic rings. The summed E-state index contributed by atoms with van der Waals surface area (Å²) in [5.74, 6) is 0.422. The van der Waals surface area contributed by atoms with Crippen LogP contribution in [-0.2, 0) is 6.54 Å². The molecule has 0 saturated heterocycles. The fraction of sp³-hybridized carbons (Fsp3) is 0.200. The second-order valence-corrected chi connectivity index (χ2v) is 5.86. The summed E-state index contributed by atoms with van der Waals surface area (Å²) >= 11 is 0. The minimum atomic E-state index is -0.370. The smallest absolute Gasteiger partial charge is 0.270 e. The van der Waals surface area contributed by atoms with Gasteiger partial charge in [0.1, 0.15) is 23.0 Å². The maximum Gasteiger partial charge on any atom is 0.270 e. The molecule has 0 bridgehead atoms. The lowest BCUT2D eigenvalue weighted by molar-refractivity contribution is 0.0946. The third-order valence-corrected chi connectivity index (χ3v) is 4.07. The van der Waals surface area contributed by atoms with E-state index in [1.807, 2.05) is 24.3 Å². The van der Waals surface area contributed by atoms with Crippen LogP contribution in [0.5, 0.6) is 11.5 Å². The van der Waals surface area contributed by atoms with E-state index in [2.05, 4.69) is 10.3 Å². The van der Waals surface area contributed by atoms with Gasteiger partial charge in [0.2, 0.25) is 0 Å². The Morgan fingerprint density at radius 2 is 1.96 bits per heavy atom. The van der Waals surface area contributed by atoms with Crippen molar-refractivity contribution in [2.75, 3.05) is 14.2 Å². The maximum absolute atomic E-state index is 13.7. The van der Waals surface area contributed by atoms with Crippen molar-refractivity contribution < 1.29 is 18.7 Å². The Morgan fingerprint density at radius 3 is 2.69 bits per heavy atom. The molecule has 3 aromatic rings. The van der Waals surface area contributed by atoms with Crippen LogP contribution in [0.3, 0.4) is 0 Å². The number of nitrogens with one attached hydrogen (secondary N) is 1. The van der Waals surface area contributed by atoms with E-state index in [9.17, 15) is 9.18 Å². The Labute approximate surface area is 150 Å². The van der Waals surface area contributed by atoms with E-state index in [4.69, 9.17) is 9.47 Å². The topological polar surface area (TPSA) is 60.5 Å². The number of pyridine rings is 1. The molecule has 1 N–H and O–H groups in total. The van der Waals surface area contributed by atoms with Gasteiger partial charge < -0.3 is 14.8 Å². The number of halogens is 1. The first-order valence-electron chi connectivity index (χ1n) is 8.08. The molecule has 5 nitrogen and oxygen atoms in total. The number of carbonyl (C=O) groups is 1. The molecule has 0 atom stereocenters. The number of hydrogen-bond acceptors (Lipinski definition) is 4. The average molecular weight is 354 g/mol. The fourth-order valence-corrected chi connectivity index (χ4v) is 2.77. The molecule has 2 aromatic carbocycles. The molecular weight excluding hydrogens is 335 g/mol. The number of ether oxygens (including phenoxy) is 2. The van der Waals surface area contributed by atoms with Gasteiger partial charge in [-0.3, -0.25) is 4.79 Å². The Bertz CT molecular complexity index is 973. The molecule has 26 heavy (non-hydrogen) atoms. The summed E-state index contributed by atoms with van der Waals surface area (Å²) in [6.45, 7) is 2.08. The van der Waals surface area contributed by atoms with E-state index >= 15 is 0 Å². The van der Waals surface area contributed by atoms with Crippen LogP contribution < -0.4 is 14.8 Å². The Hall–Kier alpha value is -3.15. The number of aryl methyl sites for hydroxylation is 1. The number of aromatic nitrogens is 1. The molecule has 0 aliphatic heterocycles. The molecule has 0 unspecified atom stereocenters. The summed E-state index contributed by atoms with van der Waals surface area (Å²) in [7, 11) is 3.07. The van der Waals surface area contributed by atoms with Gasteiger partial charge in [-0.25, -0.2) is 9.37 Å². The van der Waals surface area contributed by atoms with Gasteiger partial charge in [0.05, 0.1) is 19.7 Å². The van der Waals surface area contributed by atoms with Gasteiger partial charge in [-0.05, 0) is 42.3 Å². The number of carbonyl (C=O) groups excluding carboxylic acids is 1. The van der Waals surface area contributed by atoms with Gasteiger partial charge in [0, 0.05) is 18.0 Å². The van der Waals surface area contributed by atoms with Crippen LogP contribution in [0.4, 0.5) is 4.39 Å². The van der Waals surface area contributed by atoms with E-state index < -0.39 is 0 Å². The summed E-state index contributed by atoms with van der Waals surface area (Å²) in [6.07, 6.45) is 0. The van der Waals surface area contributed by atoms with Gasteiger partial charge in [-0.15, -0.1) is 0 Å². The van der Waals surface area contributed by atoms with E-state index in [0.717, 1.165) is 11.3 Å². The molecule has 134 valence electrons. The highest BCUT2D eigenvalue weighted by molar-refractivity contribution is 5.97. The standard InChI is InChI=1S/C20H19FN2O3/c1-12-7-14(21)9-16-18(26-3)10-17(23-19(12)16)20(24)22-11-13-5-4-6-15(8-13)25-2/h4-10H,11H2,1-3H3,(H,22,24). The SMILES string of the molecule is COc1cccc(CNC(=O)c2cc(OC)c3cc(F)cc(C)c3n2)c1. The normalized spacial score (nSPS) is 10.6. The molecule has 0 fully saturated rings. The van der Waals surface area contributed by atoms with Crippen LogP contribution in [0.2, 0.25) is 0 Å². The molecule has 3 rings (SSSR count). The lowest BCUT2D eigenvalue weighted by atomic mass is 10.1. The van der Waals surface area contributed by atoms with Gasteiger partial charge in [0.15, 0.2) is 0 Å². The van der Waals surface area contributed by atoms with Crippen LogP contribution >= 0.6 is 0 Å². The Balaban J connectivity index is 1.88. The molecular formula is C20H19FN2O3. The largest absolute Gasteiger partial charge is 0.497 e. The van der Waals surface area contributed by atoms with E-state index in [-0.39, 0.29) is 17.4 Å². The summed E-state index contributed by atoms with van der Waals surface area (Å²) in [4.78, 5) is 16.9. The van der Waals surface area contributed by atoms with Crippen LogP contribution in [0.1, 0.15) is 21.6 Å². The quantitative estimate of drug-likeness (QED) is 0.760. The Kier molecular flexibility index (Phi) is 5.02. The zero-order chi connectivity index (χ0) is 18.7. The molecule has 1 amide bonds. The lowest BCUT2D eigenvalue weighted by Gasteiger charge is -2.11. The zero-order valence-electron chi connectivity index (χ0n) is 14.8. The number of nitrogens with zero attached hydrogens (tertiary/aromatic N) is 1. The van der Waals surface area contributed by atoms with E-state index in [1.165, 1.54) is 25.3 Å².